The Morgan fingerprint density at radius 2 is 1.76 bits per heavy atom. The number of halogens is 2. The fraction of sp³-hybridized carbons (Fsp3) is 0.500. The number of aromatic nitrogens is 1. The van der Waals surface area contributed by atoms with Gasteiger partial charge in [-0.05, 0) is 63.5 Å². The Balaban J connectivity index is 0.000000161. The molecule has 0 radical (unpaired) electrons. The molecule has 0 spiro atoms. The van der Waals surface area contributed by atoms with Crippen LogP contribution >= 0.6 is 0 Å². The van der Waals surface area contributed by atoms with Gasteiger partial charge in [0, 0.05) is 53.5 Å². The van der Waals surface area contributed by atoms with Crippen molar-refractivity contribution in [1.82, 2.24) is 14.8 Å². The van der Waals surface area contributed by atoms with Gasteiger partial charge < -0.3 is 10.3 Å². The Morgan fingerprint density at radius 3 is 2.44 bits per heavy atom. The molecule has 2 N–H and O–H groups in total. The molecule has 0 saturated carbocycles. The molecule has 0 bridgehead atoms. The van der Waals surface area contributed by atoms with E-state index in [1.807, 2.05) is 0 Å². The first-order chi connectivity index (χ1) is 16.3. The van der Waals surface area contributed by atoms with Crippen molar-refractivity contribution in [3.05, 3.63) is 65.4 Å². The standard InChI is InChI=1S/C15H20N2.C13H18F2N2/c1-4-17-10-14-12(9-15(17,2)3)11-7-5-6-8-13(11)16-14;1-2-3-4-17-8-13(9-17)16-12-6-10(14)5-11(15)7-12/h5-8,16H,4,9-10H2,1-3H3;5-7,13,16H,2-4,8-9H2,1H3. The first-order valence-corrected chi connectivity index (χ1v) is 12.6. The molecule has 0 amide bonds. The lowest BCUT2D eigenvalue weighted by molar-refractivity contribution is 0.104. The van der Waals surface area contributed by atoms with Gasteiger partial charge in [-0.3, -0.25) is 9.80 Å². The van der Waals surface area contributed by atoms with Crippen molar-refractivity contribution >= 4 is 16.6 Å². The zero-order valence-electron chi connectivity index (χ0n) is 20.9. The molecule has 1 saturated heterocycles. The molecular formula is C28H38F2N4. The van der Waals surface area contributed by atoms with E-state index in [1.165, 1.54) is 47.1 Å². The van der Waals surface area contributed by atoms with Gasteiger partial charge in [0.25, 0.3) is 0 Å². The van der Waals surface area contributed by atoms with Crippen molar-refractivity contribution in [2.24, 2.45) is 0 Å². The van der Waals surface area contributed by atoms with Crippen molar-refractivity contribution in [1.29, 1.82) is 0 Å². The van der Waals surface area contributed by atoms with Gasteiger partial charge in [0.1, 0.15) is 11.6 Å². The summed E-state index contributed by atoms with van der Waals surface area (Å²) in [5.41, 5.74) is 5.02. The molecule has 34 heavy (non-hydrogen) atoms. The third-order valence-corrected chi connectivity index (χ3v) is 7.12. The number of nitrogens with zero attached hydrogens (tertiary/aromatic N) is 2. The van der Waals surface area contributed by atoms with Crippen LogP contribution in [0.4, 0.5) is 14.5 Å². The molecule has 0 atom stereocenters. The van der Waals surface area contributed by atoms with Crippen molar-refractivity contribution in [2.75, 3.05) is 31.5 Å². The Morgan fingerprint density at radius 1 is 1.06 bits per heavy atom. The number of hydrogen-bond donors (Lipinski definition) is 2. The first-order valence-electron chi connectivity index (χ1n) is 12.6. The predicted octanol–water partition coefficient (Wildman–Crippen LogP) is 6.19. The highest BCUT2D eigenvalue weighted by molar-refractivity contribution is 5.85. The zero-order valence-corrected chi connectivity index (χ0v) is 20.9. The topological polar surface area (TPSA) is 34.3 Å². The summed E-state index contributed by atoms with van der Waals surface area (Å²) in [6, 6.07) is 12.5. The molecule has 1 fully saturated rings. The van der Waals surface area contributed by atoms with E-state index in [2.05, 4.69) is 72.1 Å². The van der Waals surface area contributed by atoms with Crippen LogP contribution in [0.1, 0.15) is 51.8 Å². The summed E-state index contributed by atoms with van der Waals surface area (Å²) in [5.74, 6) is -1.07. The third kappa shape index (κ3) is 5.61. The molecule has 2 aromatic carbocycles. The SMILES string of the molecule is CCCCN1CC(Nc2cc(F)cc(F)c2)C1.CCN1Cc2[nH]c3ccccc3c2CC1(C)C. The minimum Gasteiger partial charge on any atom is -0.380 e. The number of benzene rings is 2. The Kier molecular flexibility index (Phi) is 7.58. The monoisotopic (exact) mass is 468 g/mol. The van der Waals surface area contributed by atoms with Gasteiger partial charge in [0.15, 0.2) is 0 Å². The molecular weight excluding hydrogens is 430 g/mol. The smallest absolute Gasteiger partial charge is 0.128 e. The molecule has 184 valence electrons. The first kappa shape index (κ1) is 24.7. The van der Waals surface area contributed by atoms with Crippen LogP contribution < -0.4 is 5.32 Å². The van der Waals surface area contributed by atoms with E-state index in [9.17, 15) is 8.78 Å². The number of H-pyrrole nitrogens is 1. The van der Waals surface area contributed by atoms with Gasteiger partial charge in [0.2, 0.25) is 0 Å². The van der Waals surface area contributed by atoms with Crippen molar-refractivity contribution < 1.29 is 8.78 Å². The fourth-order valence-electron chi connectivity index (χ4n) is 5.18. The van der Waals surface area contributed by atoms with Gasteiger partial charge >= 0.3 is 0 Å². The summed E-state index contributed by atoms with van der Waals surface area (Å²) in [4.78, 5) is 8.47. The second-order valence-electron chi connectivity index (χ2n) is 10.2. The lowest BCUT2D eigenvalue weighted by Crippen LogP contribution is -2.54. The number of likely N-dealkylation sites (tertiary alicyclic amines) is 1. The number of nitrogens with one attached hydrogen (secondary N) is 2. The maximum atomic E-state index is 13.0. The summed E-state index contributed by atoms with van der Waals surface area (Å²) in [5, 5.41) is 4.55. The van der Waals surface area contributed by atoms with Gasteiger partial charge in [-0.2, -0.15) is 0 Å². The van der Waals surface area contributed by atoms with Gasteiger partial charge in [0.05, 0.1) is 6.04 Å². The lowest BCUT2D eigenvalue weighted by Gasteiger charge is -2.41. The Hall–Kier alpha value is -2.44. The highest BCUT2D eigenvalue weighted by atomic mass is 19.1. The molecule has 0 aliphatic carbocycles. The van der Waals surface area contributed by atoms with Crippen molar-refractivity contribution in [2.45, 2.75) is 65.1 Å². The third-order valence-electron chi connectivity index (χ3n) is 7.12. The van der Waals surface area contributed by atoms with Crippen LogP contribution in [0.15, 0.2) is 42.5 Å². The van der Waals surface area contributed by atoms with E-state index in [-0.39, 0.29) is 5.54 Å². The fourth-order valence-corrected chi connectivity index (χ4v) is 5.18. The molecule has 2 aliphatic heterocycles. The van der Waals surface area contributed by atoms with E-state index in [4.69, 9.17) is 0 Å². The second kappa shape index (κ2) is 10.4. The minimum atomic E-state index is -0.533. The zero-order chi connectivity index (χ0) is 24.3. The maximum absolute atomic E-state index is 13.0. The summed E-state index contributed by atoms with van der Waals surface area (Å²) >= 11 is 0. The Bertz CT molecular complexity index is 1080. The van der Waals surface area contributed by atoms with E-state index in [1.54, 1.807) is 0 Å². The normalized spacial score (nSPS) is 18.2. The van der Waals surface area contributed by atoms with Crippen LogP contribution in [0, 0.1) is 11.6 Å². The summed E-state index contributed by atoms with van der Waals surface area (Å²) < 4.78 is 25.9. The minimum absolute atomic E-state index is 0.271. The summed E-state index contributed by atoms with van der Waals surface area (Å²) in [6.07, 6.45) is 3.55. The number of fused-ring (bicyclic) bond motifs is 3. The molecule has 3 aromatic rings. The van der Waals surface area contributed by atoms with Crippen LogP contribution in [0.25, 0.3) is 10.9 Å². The van der Waals surface area contributed by atoms with Crippen molar-refractivity contribution in [3.63, 3.8) is 0 Å². The molecule has 5 rings (SSSR count). The average Bonchev–Trinajstić information content (AvgIpc) is 3.10. The second-order valence-corrected chi connectivity index (χ2v) is 10.2. The molecule has 6 heteroatoms. The average molecular weight is 469 g/mol. The van der Waals surface area contributed by atoms with Crippen LogP contribution in [0.2, 0.25) is 0 Å². The molecule has 2 aliphatic rings. The maximum Gasteiger partial charge on any atom is 0.128 e. The number of hydrogen-bond acceptors (Lipinski definition) is 3. The summed E-state index contributed by atoms with van der Waals surface area (Å²) in [6.45, 7) is 14.3. The van der Waals surface area contributed by atoms with Crippen LogP contribution in [-0.4, -0.2) is 52.5 Å². The summed E-state index contributed by atoms with van der Waals surface area (Å²) in [7, 11) is 0. The number of rotatable bonds is 6. The Labute approximate surface area is 202 Å². The van der Waals surface area contributed by atoms with Crippen LogP contribution in [0.5, 0.6) is 0 Å². The van der Waals surface area contributed by atoms with Gasteiger partial charge in [-0.25, -0.2) is 8.78 Å². The number of unbranched alkanes of at least 4 members (excludes halogenated alkanes) is 1. The number of anilines is 1. The quantitative estimate of drug-likeness (QED) is 0.453. The highest BCUT2D eigenvalue weighted by Crippen LogP contribution is 2.34. The highest BCUT2D eigenvalue weighted by Gasteiger charge is 2.33. The molecule has 0 unspecified atom stereocenters. The van der Waals surface area contributed by atoms with Crippen LogP contribution in [0.3, 0.4) is 0 Å². The number of likely N-dealkylation sites (N-methyl/N-ethyl adjacent to an activating group) is 1. The predicted molar refractivity (Wildman–Crippen MR) is 137 cm³/mol. The van der Waals surface area contributed by atoms with Crippen LogP contribution in [-0.2, 0) is 13.0 Å². The molecule has 1 aromatic heterocycles. The van der Waals surface area contributed by atoms with Crippen molar-refractivity contribution in [3.8, 4) is 0 Å². The lowest BCUT2D eigenvalue weighted by atomic mass is 9.87. The number of para-hydroxylation sites is 1. The van der Waals surface area contributed by atoms with E-state index >= 15 is 0 Å². The molecule has 4 nitrogen and oxygen atoms in total. The largest absolute Gasteiger partial charge is 0.380 e. The van der Waals surface area contributed by atoms with E-state index in [0.717, 1.165) is 45.2 Å². The number of aromatic amines is 1. The van der Waals surface area contributed by atoms with E-state index < -0.39 is 11.6 Å². The van der Waals surface area contributed by atoms with E-state index in [0.29, 0.717) is 11.7 Å². The van der Waals surface area contributed by atoms with Gasteiger partial charge in [-0.15, -0.1) is 0 Å². The van der Waals surface area contributed by atoms with Gasteiger partial charge in [-0.1, -0.05) is 38.5 Å². The molecule has 3 heterocycles.